The van der Waals surface area contributed by atoms with Gasteiger partial charge in [0, 0.05) is 13.1 Å². The standard InChI is InChI=1S/C20H20N2O4/c23-18(21-12-15-7-3-1-4-8-15)11-17-14-26-20(25)19(24)22(17)13-16-9-5-2-6-10-16/h1-10,17H,11-14H2,(H,21,23). The molecule has 1 aliphatic heterocycles. The third kappa shape index (κ3) is 4.47. The predicted molar refractivity (Wildman–Crippen MR) is 94.6 cm³/mol. The summed E-state index contributed by atoms with van der Waals surface area (Å²) in [5.41, 5.74) is 1.89. The number of esters is 1. The van der Waals surface area contributed by atoms with Crippen molar-refractivity contribution in [2.45, 2.75) is 25.6 Å². The van der Waals surface area contributed by atoms with E-state index in [0.717, 1.165) is 11.1 Å². The van der Waals surface area contributed by atoms with E-state index in [1.165, 1.54) is 4.90 Å². The fourth-order valence-electron chi connectivity index (χ4n) is 2.84. The molecule has 0 radical (unpaired) electrons. The Bertz CT molecular complexity index is 777. The van der Waals surface area contributed by atoms with Crippen LogP contribution in [0.4, 0.5) is 0 Å². The highest BCUT2D eigenvalue weighted by Gasteiger charge is 2.36. The zero-order chi connectivity index (χ0) is 18.4. The van der Waals surface area contributed by atoms with Crippen molar-refractivity contribution in [1.29, 1.82) is 0 Å². The molecule has 0 saturated carbocycles. The number of amides is 2. The smallest absolute Gasteiger partial charge is 0.397 e. The Kier molecular flexibility index (Phi) is 5.63. The van der Waals surface area contributed by atoms with E-state index in [1.807, 2.05) is 60.7 Å². The number of ether oxygens (including phenoxy) is 1. The van der Waals surface area contributed by atoms with Crippen LogP contribution in [-0.2, 0) is 32.2 Å². The van der Waals surface area contributed by atoms with E-state index in [0.29, 0.717) is 6.54 Å². The minimum Gasteiger partial charge on any atom is -0.456 e. The molecule has 2 aromatic rings. The topological polar surface area (TPSA) is 75.7 Å². The van der Waals surface area contributed by atoms with Gasteiger partial charge in [-0.15, -0.1) is 0 Å². The number of hydrogen-bond donors (Lipinski definition) is 1. The van der Waals surface area contributed by atoms with Gasteiger partial charge in [-0.25, -0.2) is 4.79 Å². The van der Waals surface area contributed by atoms with Crippen LogP contribution < -0.4 is 5.32 Å². The Morgan fingerprint density at radius 1 is 1.00 bits per heavy atom. The van der Waals surface area contributed by atoms with Gasteiger partial charge in [0.05, 0.1) is 12.5 Å². The predicted octanol–water partition coefficient (Wildman–Crippen LogP) is 1.65. The number of hydrogen-bond acceptors (Lipinski definition) is 4. The number of benzene rings is 2. The number of nitrogens with one attached hydrogen (secondary N) is 1. The van der Waals surface area contributed by atoms with Gasteiger partial charge in [-0.3, -0.25) is 9.59 Å². The van der Waals surface area contributed by atoms with Crippen molar-refractivity contribution in [2.24, 2.45) is 0 Å². The van der Waals surface area contributed by atoms with Crippen molar-refractivity contribution in [2.75, 3.05) is 6.61 Å². The second kappa shape index (κ2) is 8.29. The van der Waals surface area contributed by atoms with Gasteiger partial charge in [-0.2, -0.15) is 0 Å². The first-order valence-corrected chi connectivity index (χ1v) is 8.46. The van der Waals surface area contributed by atoms with Gasteiger partial charge in [-0.1, -0.05) is 60.7 Å². The number of cyclic esters (lactones) is 1. The molecule has 0 bridgehead atoms. The van der Waals surface area contributed by atoms with Crippen molar-refractivity contribution in [3.63, 3.8) is 0 Å². The highest BCUT2D eigenvalue weighted by molar-refractivity contribution is 6.32. The second-order valence-corrected chi connectivity index (χ2v) is 6.14. The van der Waals surface area contributed by atoms with E-state index in [2.05, 4.69) is 5.32 Å². The van der Waals surface area contributed by atoms with E-state index in [1.54, 1.807) is 0 Å². The second-order valence-electron chi connectivity index (χ2n) is 6.14. The molecule has 1 fully saturated rings. The summed E-state index contributed by atoms with van der Waals surface area (Å²) < 4.78 is 4.92. The molecular formula is C20H20N2O4. The molecule has 1 saturated heterocycles. The summed E-state index contributed by atoms with van der Waals surface area (Å²) >= 11 is 0. The van der Waals surface area contributed by atoms with Crippen LogP contribution in [0.3, 0.4) is 0 Å². The van der Waals surface area contributed by atoms with Crippen LogP contribution in [0.15, 0.2) is 60.7 Å². The molecule has 6 nitrogen and oxygen atoms in total. The lowest BCUT2D eigenvalue weighted by Crippen LogP contribution is -2.52. The van der Waals surface area contributed by atoms with Gasteiger partial charge >= 0.3 is 11.9 Å². The lowest BCUT2D eigenvalue weighted by Gasteiger charge is -2.34. The quantitative estimate of drug-likeness (QED) is 0.634. The summed E-state index contributed by atoms with van der Waals surface area (Å²) in [6.07, 6.45) is 0.0820. The first-order chi connectivity index (χ1) is 12.6. The largest absolute Gasteiger partial charge is 0.456 e. The van der Waals surface area contributed by atoms with Crippen LogP contribution in [0, 0.1) is 0 Å². The fourth-order valence-corrected chi connectivity index (χ4v) is 2.84. The maximum Gasteiger partial charge on any atom is 0.397 e. The van der Waals surface area contributed by atoms with Gasteiger partial charge in [0.25, 0.3) is 0 Å². The molecular weight excluding hydrogens is 332 g/mol. The van der Waals surface area contributed by atoms with Crippen LogP contribution in [0.5, 0.6) is 0 Å². The van der Waals surface area contributed by atoms with E-state index >= 15 is 0 Å². The molecule has 1 N–H and O–H groups in total. The van der Waals surface area contributed by atoms with Crippen LogP contribution in [0.1, 0.15) is 17.5 Å². The van der Waals surface area contributed by atoms with Gasteiger partial charge < -0.3 is 15.0 Å². The van der Waals surface area contributed by atoms with Crippen LogP contribution in [0.25, 0.3) is 0 Å². The van der Waals surface area contributed by atoms with Gasteiger partial charge in [0.2, 0.25) is 5.91 Å². The first kappa shape index (κ1) is 17.7. The van der Waals surface area contributed by atoms with Crippen LogP contribution >= 0.6 is 0 Å². The molecule has 3 rings (SSSR count). The first-order valence-electron chi connectivity index (χ1n) is 8.46. The zero-order valence-electron chi connectivity index (χ0n) is 14.3. The molecule has 2 aromatic carbocycles. The number of morpholine rings is 1. The molecule has 134 valence electrons. The summed E-state index contributed by atoms with van der Waals surface area (Å²) in [7, 11) is 0. The Morgan fingerprint density at radius 3 is 2.27 bits per heavy atom. The number of carbonyl (C=O) groups is 3. The third-order valence-corrected chi connectivity index (χ3v) is 4.23. The van der Waals surface area contributed by atoms with Crippen LogP contribution in [0.2, 0.25) is 0 Å². The van der Waals surface area contributed by atoms with E-state index < -0.39 is 17.9 Å². The average Bonchev–Trinajstić information content (AvgIpc) is 2.67. The highest BCUT2D eigenvalue weighted by atomic mass is 16.5. The van der Waals surface area contributed by atoms with Crippen molar-refractivity contribution < 1.29 is 19.1 Å². The maximum absolute atomic E-state index is 12.3. The monoisotopic (exact) mass is 352 g/mol. The van der Waals surface area contributed by atoms with Crippen molar-refractivity contribution in [1.82, 2.24) is 10.2 Å². The van der Waals surface area contributed by atoms with E-state index in [4.69, 9.17) is 4.74 Å². The van der Waals surface area contributed by atoms with Gasteiger partial charge in [0.1, 0.15) is 6.61 Å². The molecule has 1 unspecified atom stereocenters. The average molecular weight is 352 g/mol. The number of rotatable bonds is 6. The molecule has 1 heterocycles. The molecule has 0 spiro atoms. The molecule has 26 heavy (non-hydrogen) atoms. The minimum absolute atomic E-state index is 0.0240. The Morgan fingerprint density at radius 2 is 1.62 bits per heavy atom. The molecule has 2 amide bonds. The van der Waals surface area contributed by atoms with Gasteiger partial charge in [-0.05, 0) is 11.1 Å². The van der Waals surface area contributed by atoms with Crippen molar-refractivity contribution in [3.8, 4) is 0 Å². The Balaban J connectivity index is 1.62. The summed E-state index contributed by atoms with van der Waals surface area (Å²) in [5, 5.41) is 2.84. The van der Waals surface area contributed by atoms with Crippen molar-refractivity contribution >= 4 is 17.8 Å². The lowest BCUT2D eigenvalue weighted by molar-refractivity contribution is -0.171. The molecule has 0 aliphatic carbocycles. The Labute approximate surface area is 151 Å². The normalized spacial score (nSPS) is 16.9. The SMILES string of the molecule is O=C(CC1COC(=O)C(=O)N1Cc1ccccc1)NCc1ccccc1. The van der Waals surface area contributed by atoms with E-state index in [-0.39, 0.29) is 25.5 Å². The minimum atomic E-state index is -0.873. The number of nitrogens with zero attached hydrogens (tertiary/aromatic N) is 1. The van der Waals surface area contributed by atoms with Crippen molar-refractivity contribution in [3.05, 3.63) is 71.8 Å². The fraction of sp³-hybridized carbons (Fsp3) is 0.250. The summed E-state index contributed by atoms with van der Waals surface area (Å²) in [6, 6.07) is 18.5. The highest BCUT2D eigenvalue weighted by Crippen LogP contribution is 2.17. The van der Waals surface area contributed by atoms with Crippen LogP contribution in [-0.4, -0.2) is 35.3 Å². The molecule has 1 atom stereocenters. The lowest BCUT2D eigenvalue weighted by atomic mass is 10.1. The summed E-state index contributed by atoms with van der Waals surface area (Å²) in [5.74, 6) is -1.77. The zero-order valence-corrected chi connectivity index (χ0v) is 14.3. The molecule has 1 aliphatic rings. The summed E-state index contributed by atoms with van der Waals surface area (Å²) in [6.45, 7) is 0.709. The Hall–Kier alpha value is -3.15. The van der Waals surface area contributed by atoms with E-state index in [9.17, 15) is 14.4 Å². The maximum atomic E-state index is 12.3. The van der Waals surface area contributed by atoms with Gasteiger partial charge in [0.15, 0.2) is 0 Å². The third-order valence-electron chi connectivity index (χ3n) is 4.23. The molecule has 0 aromatic heterocycles. The number of carbonyl (C=O) groups excluding carboxylic acids is 3. The molecule has 6 heteroatoms. The summed E-state index contributed by atoms with van der Waals surface area (Å²) in [4.78, 5) is 37.5.